The van der Waals surface area contributed by atoms with E-state index in [2.05, 4.69) is 38.7 Å². The average Bonchev–Trinajstić information content (AvgIpc) is 3.39. The van der Waals surface area contributed by atoms with Crippen LogP contribution in [-0.2, 0) is 19.1 Å². The summed E-state index contributed by atoms with van der Waals surface area (Å²) >= 11 is 0. The molecule has 4 bridgehead atoms. The lowest BCUT2D eigenvalue weighted by Gasteiger charge is -2.58. The lowest BCUT2D eigenvalue weighted by molar-refractivity contribution is -0.229. The molecular formula is C30H45NO5. The highest BCUT2D eigenvalue weighted by Gasteiger charge is 2.84. The fraction of sp³-hybridized carbons (Fsp3) is 0.867. The Balaban J connectivity index is 1.33. The van der Waals surface area contributed by atoms with Gasteiger partial charge in [0.2, 0.25) is 0 Å². The van der Waals surface area contributed by atoms with Crippen molar-refractivity contribution in [2.45, 2.75) is 85.0 Å². The van der Waals surface area contributed by atoms with E-state index >= 15 is 0 Å². The first kappa shape index (κ1) is 25.1. The molecule has 0 amide bonds. The molecule has 0 aromatic carbocycles. The molecule has 6 aliphatic rings. The summed E-state index contributed by atoms with van der Waals surface area (Å²) in [5.41, 5.74) is -1.60. The van der Waals surface area contributed by atoms with Gasteiger partial charge in [-0.3, -0.25) is 9.69 Å². The van der Waals surface area contributed by atoms with E-state index in [1.807, 2.05) is 0 Å². The van der Waals surface area contributed by atoms with E-state index in [0.29, 0.717) is 37.5 Å². The Hall–Kier alpha value is -1.24. The number of morpholine rings is 1. The summed E-state index contributed by atoms with van der Waals surface area (Å²) in [7, 11) is 0. The minimum absolute atomic E-state index is 0.0718. The van der Waals surface area contributed by atoms with Gasteiger partial charge in [-0.15, -0.1) is 0 Å². The number of fused-ring (bicyclic) bond motifs is 2. The summed E-state index contributed by atoms with van der Waals surface area (Å²) in [6.45, 7) is 11.6. The third-order valence-electron chi connectivity index (χ3n) is 11.9. The van der Waals surface area contributed by atoms with Crippen molar-refractivity contribution < 1.29 is 24.2 Å². The number of carbonyl (C=O) groups is 2. The zero-order valence-corrected chi connectivity index (χ0v) is 22.6. The van der Waals surface area contributed by atoms with Gasteiger partial charge in [-0.25, -0.2) is 0 Å². The number of nitrogens with zero attached hydrogens (tertiary/aromatic N) is 1. The number of aldehydes is 1. The van der Waals surface area contributed by atoms with Crippen LogP contribution in [0.15, 0.2) is 11.6 Å². The zero-order valence-electron chi connectivity index (χ0n) is 22.6. The van der Waals surface area contributed by atoms with Crippen molar-refractivity contribution in [3.05, 3.63) is 11.6 Å². The third kappa shape index (κ3) is 3.07. The molecule has 1 N–H and O–H groups in total. The van der Waals surface area contributed by atoms with Crippen molar-refractivity contribution in [3.63, 3.8) is 0 Å². The molecule has 200 valence electrons. The van der Waals surface area contributed by atoms with Gasteiger partial charge in [0.05, 0.1) is 18.6 Å². The van der Waals surface area contributed by atoms with E-state index in [4.69, 9.17) is 9.47 Å². The second-order valence-corrected chi connectivity index (χ2v) is 13.7. The third-order valence-corrected chi connectivity index (χ3v) is 11.9. The summed E-state index contributed by atoms with van der Waals surface area (Å²) in [6, 6.07) is 0.378. The molecule has 0 aromatic rings. The van der Waals surface area contributed by atoms with Crippen LogP contribution in [0.1, 0.15) is 72.6 Å². The van der Waals surface area contributed by atoms with E-state index in [-0.39, 0.29) is 24.0 Å². The van der Waals surface area contributed by atoms with Crippen LogP contribution in [0, 0.1) is 51.8 Å². The molecule has 5 fully saturated rings. The van der Waals surface area contributed by atoms with E-state index < -0.39 is 22.2 Å². The molecule has 1 heterocycles. The molecule has 6 rings (SSSR count). The number of carboxylic acids is 1. The van der Waals surface area contributed by atoms with Gasteiger partial charge in [-0.2, -0.15) is 0 Å². The van der Waals surface area contributed by atoms with Gasteiger partial charge in [0.25, 0.3) is 0 Å². The number of aliphatic carboxylic acids is 1. The molecule has 6 nitrogen and oxygen atoms in total. The van der Waals surface area contributed by atoms with Crippen molar-refractivity contribution >= 4 is 12.3 Å². The maximum absolute atomic E-state index is 13.6. The predicted molar refractivity (Wildman–Crippen MR) is 136 cm³/mol. The maximum Gasteiger partial charge on any atom is 0.315 e. The molecule has 9 atom stereocenters. The number of carbonyl (C=O) groups excluding carboxylic acids is 1. The molecule has 1 saturated heterocycles. The number of rotatable bonds is 8. The first-order chi connectivity index (χ1) is 17.2. The minimum Gasteiger partial charge on any atom is -0.481 e. The summed E-state index contributed by atoms with van der Waals surface area (Å²) < 4.78 is 12.8. The largest absolute Gasteiger partial charge is 0.481 e. The zero-order chi connectivity index (χ0) is 25.5. The lowest BCUT2D eigenvalue weighted by Crippen LogP contribution is -2.64. The number of allylic oxidation sites excluding steroid dienone is 1. The summed E-state index contributed by atoms with van der Waals surface area (Å²) in [5.74, 6) is 1.21. The maximum atomic E-state index is 13.6. The summed E-state index contributed by atoms with van der Waals surface area (Å²) in [5, 5.41) is 11.1. The Bertz CT molecular complexity index is 944. The smallest absolute Gasteiger partial charge is 0.315 e. The molecule has 6 heteroatoms. The number of hydrogen-bond donors (Lipinski definition) is 1. The van der Waals surface area contributed by atoms with Gasteiger partial charge < -0.3 is 19.4 Å². The van der Waals surface area contributed by atoms with Crippen LogP contribution in [0.2, 0.25) is 0 Å². The van der Waals surface area contributed by atoms with Crippen LogP contribution in [0.4, 0.5) is 0 Å². The normalized spacial score (nSPS) is 48.1. The SMILES string of the molecule is CC(C)C1=CC2CC3(C=O)[C@@H]4CC[C@@H](C)[C@H]4CC2(CO[C@H]2CN(CC4CCC4)[C@H](C)CO2)[C@]13C(=O)O. The highest BCUT2D eigenvalue weighted by Crippen LogP contribution is 2.82. The van der Waals surface area contributed by atoms with Crippen molar-refractivity contribution in [2.75, 3.05) is 26.3 Å². The van der Waals surface area contributed by atoms with E-state index in [9.17, 15) is 14.7 Å². The summed E-state index contributed by atoms with van der Waals surface area (Å²) in [6.07, 6.45) is 10.5. The first-order valence-electron chi connectivity index (χ1n) is 14.6. The van der Waals surface area contributed by atoms with Gasteiger partial charge in [-0.1, -0.05) is 45.3 Å². The van der Waals surface area contributed by atoms with E-state index in [0.717, 1.165) is 50.1 Å². The Morgan fingerprint density at radius 3 is 2.67 bits per heavy atom. The highest BCUT2D eigenvalue weighted by molar-refractivity contribution is 5.90. The average molecular weight is 500 g/mol. The van der Waals surface area contributed by atoms with Crippen LogP contribution in [0.25, 0.3) is 0 Å². The van der Waals surface area contributed by atoms with Crippen molar-refractivity contribution in [1.29, 1.82) is 0 Å². The molecule has 0 aromatic heterocycles. The minimum atomic E-state index is -1.17. The lowest BCUT2D eigenvalue weighted by atomic mass is 9.43. The monoisotopic (exact) mass is 499 g/mol. The second-order valence-electron chi connectivity index (χ2n) is 13.7. The topological polar surface area (TPSA) is 76.1 Å². The molecule has 3 unspecified atom stereocenters. The van der Waals surface area contributed by atoms with Crippen LogP contribution < -0.4 is 0 Å². The Labute approximate surface area is 216 Å². The molecule has 1 aliphatic heterocycles. The fourth-order valence-corrected chi connectivity index (χ4v) is 10.0. The van der Waals surface area contributed by atoms with Gasteiger partial charge >= 0.3 is 5.97 Å². The molecular weight excluding hydrogens is 454 g/mol. The number of hydrogen-bond acceptors (Lipinski definition) is 5. The molecule has 36 heavy (non-hydrogen) atoms. The van der Waals surface area contributed by atoms with E-state index in [1.165, 1.54) is 19.3 Å². The fourth-order valence-electron chi connectivity index (χ4n) is 10.0. The molecule has 4 saturated carbocycles. The first-order valence-corrected chi connectivity index (χ1v) is 14.6. The second kappa shape index (κ2) is 8.64. The van der Waals surface area contributed by atoms with Crippen LogP contribution in [-0.4, -0.2) is 60.9 Å². The predicted octanol–water partition coefficient (Wildman–Crippen LogP) is 4.77. The Morgan fingerprint density at radius 2 is 2.03 bits per heavy atom. The highest BCUT2D eigenvalue weighted by atomic mass is 16.7. The van der Waals surface area contributed by atoms with Crippen molar-refractivity contribution in [3.8, 4) is 0 Å². The van der Waals surface area contributed by atoms with Crippen LogP contribution in [0.3, 0.4) is 0 Å². The Morgan fingerprint density at radius 1 is 1.25 bits per heavy atom. The van der Waals surface area contributed by atoms with Crippen LogP contribution in [0.5, 0.6) is 0 Å². The van der Waals surface area contributed by atoms with E-state index in [1.54, 1.807) is 0 Å². The van der Waals surface area contributed by atoms with Gasteiger partial charge in [-0.05, 0) is 74.5 Å². The van der Waals surface area contributed by atoms with Crippen molar-refractivity contribution in [1.82, 2.24) is 4.90 Å². The molecule has 0 spiro atoms. The standard InChI is InChI=1S/C30H45NO5/c1-18(2)25-10-22-11-28(16-32)24-9-8-19(3)23(24)12-29(22,30(25,28)27(33)34)17-36-26-14-31(20(4)15-35-26)13-21-6-5-7-21/h10,16,18-24,26H,5-9,11-15,17H2,1-4H3,(H,33,34)/t19-,20-,22?,23-,24-,26+,28?,29?,30+/m1/s1. The molecule has 5 aliphatic carbocycles. The van der Waals surface area contributed by atoms with Crippen LogP contribution >= 0.6 is 0 Å². The molecule has 0 radical (unpaired) electrons. The Kier molecular flexibility index (Phi) is 6.01. The number of ether oxygens (including phenoxy) is 2. The van der Waals surface area contributed by atoms with Gasteiger partial charge in [0.15, 0.2) is 6.29 Å². The quantitative estimate of drug-likeness (QED) is 0.383. The van der Waals surface area contributed by atoms with Crippen molar-refractivity contribution in [2.24, 2.45) is 51.8 Å². The van der Waals surface area contributed by atoms with Gasteiger partial charge in [0, 0.05) is 24.5 Å². The van der Waals surface area contributed by atoms with Gasteiger partial charge in [0.1, 0.15) is 11.7 Å². The summed E-state index contributed by atoms with van der Waals surface area (Å²) in [4.78, 5) is 29.2. The number of carboxylic acid groups (broad SMARTS) is 1.